The van der Waals surface area contributed by atoms with E-state index in [1.807, 2.05) is 60.8 Å². The molecule has 1 unspecified atom stereocenters. The van der Waals surface area contributed by atoms with Crippen LogP contribution in [0.25, 0.3) is 16.3 Å². The molecule has 0 fully saturated rings. The number of hydrogen-bond acceptors (Lipinski definition) is 6. The van der Waals surface area contributed by atoms with Crippen molar-refractivity contribution in [2.45, 2.75) is 19.4 Å². The first kappa shape index (κ1) is 19.7. The average molecular weight is 449 g/mol. The topological polar surface area (TPSA) is 71.3 Å². The Bertz CT molecular complexity index is 1200. The zero-order valence-electron chi connectivity index (χ0n) is 16.8. The predicted octanol–water partition coefficient (Wildman–Crippen LogP) is 5.60. The van der Waals surface area contributed by atoms with Crippen LogP contribution in [0.1, 0.15) is 29.3 Å². The van der Waals surface area contributed by atoms with Crippen LogP contribution in [0.3, 0.4) is 0 Å². The van der Waals surface area contributed by atoms with Crippen molar-refractivity contribution < 1.29 is 9.32 Å². The van der Waals surface area contributed by atoms with Gasteiger partial charge in [-0.3, -0.25) is 4.90 Å². The number of carbonyl (C=O) groups excluding carboxylic acids is 1. The number of aromatic nitrogens is 2. The molecular weight excluding hydrogens is 428 g/mol. The van der Waals surface area contributed by atoms with Crippen molar-refractivity contribution in [3.8, 4) is 10.7 Å². The maximum atomic E-state index is 13.0. The Balaban J connectivity index is 1.55. The molecule has 1 aliphatic heterocycles. The molecule has 4 aromatic rings. The van der Waals surface area contributed by atoms with E-state index in [0.29, 0.717) is 18.3 Å². The van der Waals surface area contributed by atoms with Gasteiger partial charge in [-0.05, 0) is 41.8 Å². The summed E-state index contributed by atoms with van der Waals surface area (Å²) in [5.41, 5.74) is 2.63. The molecule has 1 aromatic carbocycles. The van der Waals surface area contributed by atoms with E-state index in [2.05, 4.69) is 26.9 Å². The molecule has 0 bridgehead atoms. The van der Waals surface area contributed by atoms with E-state index in [-0.39, 0.29) is 12.1 Å². The van der Waals surface area contributed by atoms with Crippen molar-refractivity contribution in [1.29, 1.82) is 0 Å². The quantitative estimate of drug-likeness (QED) is 0.417. The zero-order valence-corrected chi connectivity index (χ0v) is 18.5. The lowest BCUT2D eigenvalue weighted by Gasteiger charge is -2.35. The largest absolute Gasteiger partial charge is 0.334 e. The molecule has 1 aliphatic rings. The Morgan fingerprint density at radius 2 is 1.87 bits per heavy atom. The van der Waals surface area contributed by atoms with E-state index in [1.165, 1.54) is 4.88 Å². The summed E-state index contributed by atoms with van der Waals surface area (Å²) in [6.45, 7) is 2.53. The Morgan fingerprint density at radius 1 is 1.06 bits per heavy atom. The third kappa shape index (κ3) is 3.92. The Labute approximate surface area is 187 Å². The normalized spacial score (nSPS) is 16.6. The van der Waals surface area contributed by atoms with Crippen LogP contribution in [-0.4, -0.2) is 27.6 Å². The molecule has 0 radical (unpaired) electrons. The monoisotopic (exact) mass is 448 g/mol. The zero-order chi connectivity index (χ0) is 21.2. The van der Waals surface area contributed by atoms with Crippen LogP contribution in [0.15, 0.2) is 75.6 Å². The van der Waals surface area contributed by atoms with E-state index >= 15 is 0 Å². The Hall–Kier alpha value is -3.23. The summed E-state index contributed by atoms with van der Waals surface area (Å²) in [7, 11) is 0. The van der Waals surface area contributed by atoms with Gasteiger partial charge in [-0.15, -0.1) is 22.7 Å². The first-order chi connectivity index (χ1) is 15.2. The van der Waals surface area contributed by atoms with Crippen LogP contribution in [0, 0.1) is 0 Å². The minimum absolute atomic E-state index is 0.121. The number of benzene rings is 1. The number of carbonyl (C=O) groups is 1. The van der Waals surface area contributed by atoms with E-state index < -0.39 is 0 Å². The molecule has 4 heterocycles. The summed E-state index contributed by atoms with van der Waals surface area (Å²) < 4.78 is 5.70. The molecule has 1 N–H and O–H groups in total. The van der Waals surface area contributed by atoms with Gasteiger partial charge in [-0.2, -0.15) is 4.98 Å². The van der Waals surface area contributed by atoms with Crippen molar-refractivity contribution in [3.05, 3.63) is 87.4 Å². The molecule has 0 aliphatic carbocycles. The molecule has 156 valence electrons. The van der Waals surface area contributed by atoms with Crippen molar-refractivity contribution in [1.82, 2.24) is 20.4 Å². The summed E-state index contributed by atoms with van der Waals surface area (Å²) >= 11 is 3.26. The molecule has 6 nitrogen and oxygen atoms in total. The van der Waals surface area contributed by atoms with Crippen molar-refractivity contribution in [2.75, 3.05) is 6.54 Å². The smallest absolute Gasteiger partial charge is 0.322 e. The molecular formula is C23H20N4O2S2. The van der Waals surface area contributed by atoms with Crippen LogP contribution >= 0.6 is 22.7 Å². The maximum Gasteiger partial charge on any atom is 0.322 e. The van der Waals surface area contributed by atoms with Gasteiger partial charge >= 0.3 is 6.03 Å². The number of nitrogens with one attached hydrogen (secondary N) is 1. The molecule has 31 heavy (non-hydrogen) atoms. The number of thiophene rings is 2. The van der Waals surface area contributed by atoms with Crippen LogP contribution in [-0.2, 0) is 6.42 Å². The van der Waals surface area contributed by atoms with E-state index in [9.17, 15) is 4.79 Å². The average Bonchev–Trinajstić information content (AvgIpc) is 3.56. The third-order valence-corrected chi connectivity index (χ3v) is 7.09. The maximum absolute atomic E-state index is 13.0. The van der Waals surface area contributed by atoms with Gasteiger partial charge in [-0.25, -0.2) is 4.79 Å². The lowest BCUT2D eigenvalue weighted by Crippen LogP contribution is -2.46. The molecule has 8 heteroatoms. The number of nitrogens with zero attached hydrogens (tertiary/aromatic N) is 3. The highest BCUT2D eigenvalue weighted by Gasteiger charge is 2.35. The summed E-state index contributed by atoms with van der Waals surface area (Å²) in [6.07, 6.45) is 0.788. The Morgan fingerprint density at radius 3 is 2.61 bits per heavy atom. The fraction of sp³-hybridized carbons (Fsp3) is 0.174. The highest BCUT2D eigenvalue weighted by molar-refractivity contribution is 7.13. The molecule has 3 aromatic heterocycles. The fourth-order valence-electron chi connectivity index (χ4n) is 3.74. The summed E-state index contributed by atoms with van der Waals surface area (Å²) in [5, 5.41) is 11.4. The van der Waals surface area contributed by atoms with Gasteiger partial charge in [0.2, 0.25) is 5.82 Å². The second-order valence-corrected chi connectivity index (χ2v) is 9.15. The number of rotatable bonds is 6. The van der Waals surface area contributed by atoms with Gasteiger partial charge in [-0.1, -0.05) is 47.6 Å². The SMILES string of the molecule is CC1=C(c2nc(-c3cccs3)no2)C(c2ccccc2)NC(=O)N1CCc1cccs1. The van der Waals surface area contributed by atoms with Crippen LogP contribution in [0.5, 0.6) is 0 Å². The van der Waals surface area contributed by atoms with Gasteiger partial charge < -0.3 is 9.84 Å². The van der Waals surface area contributed by atoms with Crippen LogP contribution < -0.4 is 5.32 Å². The molecule has 2 amide bonds. The number of allylic oxidation sites excluding steroid dienone is 1. The minimum atomic E-state index is -0.358. The van der Waals surface area contributed by atoms with E-state index in [0.717, 1.165) is 28.1 Å². The van der Waals surface area contributed by atoms with E-state index in [1.54, 1.807) is 27.6 Å². The van der Waals surface area contributed by atoms with Crippen molar-refractivity contribution >= 4 is 34.3 Å². The number of amides is 2. The first-order valence-electron chi connectivity index (χ1n) is 9.95. The van der Waals surface area contributed by atoms with Gasteiger partial charge in [0.25, 0.3) is 5.89 Å². The lowest BCUT2D eigenvalue weighted by atomic mass is 9.94. The summed E-state index contributed by atoms with van der Waals surface area (Å²) in [4.78, 5) is 21.7. The summed E-state index contributed by atoms with van der Waals surface area (Å²) in [6, 6.07) is 17.4. The minimum Gasteiger partial charge on any atom is -0.334 e. The highest BCUT2D eigenvalue weighted by Crippen LogP contribution is 2.37. The van der Waals surface area contributed by atoms with Gasteiger partial charge in [0.1, 0.15) is 0 Å². The van der Waals surface area contributed by atoms with Crippen LogP contribution in [0.4, 0.5) is 4.79 Å². The van der Waals surface area contributed by atoms with Crippen molar-refractivity contribution in [3.63, 3.8) is 0 Å². The first-order valence-corrected chi connectivity index (χ1v) is 11.7. The van der Waals surface area contributed by atoms with Crippen molar-refractivity contribution in [2.24, 2.45) is 0 Å². The second-order valence-electron chi connectivity index (χ2n) is 7.17. The Kier molecular flexibility index (Phi) is 5.40. The van der Waals surface area contributed by atoms with Gasteiger partial charge in [0.15, 0.2) is 0 Å². The standard InChI is InChI=1S/C23H20N4O2S2/c1-15-19(22-25-21(26-29-22)18-10-6-14-31-18)20(16-7-3-2-4-8-16)24-23(28)27(15)12-11-17-9-5-13-30-17/h2-10,13-14,20H,11-12H2,1H3,(H,24,28). The fourth-order valence-corrected chi connectivity index (χ4v) is 5.09. The third-order valence-electron chi connectivity index (χ3n) is 5.29. The molecule has 1 atom stereocenters. The van der Waals surface area contributed by atoms with Crippen LogP contribution in [0.2, 0.25) is 0 Å². The highest BCUT2D eigenvalue weighted by atomic mass is 32.1. The number of hydrogen-bond donors (Lipinski definition) is 1. The van der Waals surface area contributed by atoms with Gasteiger partial charge in [0.05, 0.1) is 16.5 Å². The number of urea groups is 1. The van der Waals surface area contributed by atoms with E-state index in [4.69, 9.17) is 4.52 Å². The summed E-state index contributed by atoms with van der Waals surface area (Å²) in [5.74, 6) is 0.982. The molecule has 5 rings (SSSR count). The van der Waals surface area contributed by atoms with Gasteiger partial charge in [0, 0.05) is 17.1 Å². The lowest BCUT2D eigenvalue weighted by molar-refractivity contribution is 0.205. The molecule has 0 saturated heterocycles. The predicted molar refractivity (Wildman–Crippen MR) is 123 cm³/mol. The second kappa shape index (κ2) is 8.49. The molecule has 0 saturated carbocycles. The molecule has 0 spiro atoms.